The van der Waals surface area contributed by atoms with Crippen molar-refractivity contribution in [1.29, 1.82) is 5.26 Å². The number of aromatic nitrogens is 2. The lowest BCUT2D eigenvalue weighted by Gasteiger charge is -2.10. The normalized spacial score (nSPS) is 11.1. The van der Waals surface area contributed by atoms with Crippen LogP contribution >= 0.6 is 0 Å². The average molecular weight is 521 g/mol. The van der Waals surface area contributed by atoms with E-state index < -0.39 is 5.91 Å². The zero-order valence-electron chi connectivity index (χ0n) is 22.5. The second kappa shape index (κ2) is 13.1. The summed E-state index contributed by atoms with van der Waals surface area (Å²) in [6.07, 6.45) is 5.47. The van der Waals surface area contributed by atoms with Gasteiger partial charge < -0.3 is 14.8 Å². The summed E-state index contributed by atoms with van der Waals surface area (Å²) in [5.41, 5.74) is 4.59. The molecule has 3 aromatic carbocycles. The first-order valence-electron chi connectivity index (χ1n) is 13.1. The van der Waals surface area contributed by atoms with Gasteiger partial charge in [-0.25, -0.2) is 4.68 Å². The average Bonchev–Trinajstić information content (AvgIpc) is 3.37. The standard InChI is InChI=1S/C32H32N4O3/c1-4-6-18-39-29-16-17-30(23(3)19-29)31-25(22-36(35-31)27-10-8-7-9-11-27)20-24(21-33)32(37)34-26-12-14-28(15-13-26)38-5-2/h7-17,19-20,22H,4-6,18H2,1-3H3,(H,34,37)/b24-20-. The summed E-state index contributed by atoms with van der Waals surface area (Å²) in [7, 11) is 0. The third-order valence-electron chi connectivity index (χ3n) is 6.07. The lowest BCUT2D eigenvalue weighted by atomic mass is 10.0. The van der Waals surface area contributed by atoms with Gasteiger partial charge in [-0.1, -0.05) is 31.5 Å². The van der Waals surface area contributed by atoms with Gasteiger partial charge in [0.05, 0.1) is 18.9 Å². The van der Waals surface area contributed by atoms with Crippen molar-refractivity contribution in [1.82, 2.24) is 9.78 Å². The van der Waals surface area contributed by atoms with E-state index in [4.69, 9.17) is 14.6 Å². The van der Waals surface area contributed by atoms with Crippen molar-refractivity contribution in [3.8, 4) is 34.5 Å². The predicted molar refractivity (Wildman–Crippen MR) is 154 cm³/mol. The molecule has 0 saturated carbocycles. The first kappa shape index (κ1) is 27.2. The van der Waals surface area contributed by atoms with E-state index in [9.17, 15) is 10.1 Å². The van der Waals surface area contributed by atoms with Crippen LogP contribution in [0.1, 0.15) is 37.8 Å². The van der Waals surface area contributed by atoms with Crippen molar-refractivity contribution in [2.75, 3.05) is 18.5 Å². The molecule has 0 unspecified atom stereocenters. The fraction of sp³-hybridized carbons (Fsp3) is 0.219. The number of para-hydroxylation sites is 1. The van der Waals surface area contributed by atoms with Crippen LogP contribution in [0.25, 0.3) is 23.0 Å². The van der Waals surface area contributed by atoms with Gasteiger partial charge in [-0.05, 0) is 86.5 Å². The minimum Gasteiger partial charge on any atom is -0.494 e. The molecule has 4 aromatic rings. The molecular weight excluding hydrogens is 488 g/mol. The summed E-state index contributed by atoms with van der Waals surface area (Å²) in [4.78, 5) is 13.0. The van der Waals surface area contributed by atoms with Crippen molar-refractivity contribution in [3.05, 3.63) is 95.7 Å². The molecule has 0 fully saturated rings. The molecular formula is C32H32N4O3. The molecule has 0 atom stereocenters. The lowest BCUT2D eigenvalue weighted by molar-refractivity contribution is -0.112. The Kier molecular flexibility index (Phi) is 9.15. The Hall–Kier alpha value is -4.83. The van der Waals surface area contributed by atoms with Gasteiger partial charge >= 0.3 is 0 Å². The topological polar surface area (TPSA) is 89.2 Å². The van der Waals surface area contributed by atoms with E-state index in [1.54, 1.807) is 35.0 Å². The number of carbonyl (C=O) groups is 1. The number of anilines is 1. The maximum absolute atomic E-state index is 13.0. The fourth-order valence-corrected chi connectivity index (χ4v) is 4.04. The number of benzene rings is 3. The molecule has 7 heteroatoms. The zero-order valence-corrected chi connectivity index (χ0v) is 22.5. The van der Waals surface area contributed by atoms with Gasteiger partial charge in [0.25, 0.3) is 5.91 Å². The van der Waals surface area contributed by atoms with Gasteiger partial charge in [-0.3, -0.25) is 4.79 Å². The number of hydrogen-bond donors (Lipinski definition) is 1. The van der Waals surface area contributed by atoms with Crippen molar-refractivity contribution < 1.29 is 14.3 Å². The highest BCUT2D eigenvalue weighted by Gasteiger charge is 2.17. The Balaban J connectivity index is 1.68. The highest BCUT2D eigenvalue weighted by molar-refractivity contribution is 6.10. The van der Waals surface area contributed by atoms with Gasteiger partial charge in [-0.2, -0.15) is 10.4 Å². The molecule has 7 nitrogen and oxygen atoms in total. The number of rotatable bonds is 11. The molecule has 0 aliphatic rings. The summed E-state index contributed by atoms with van der Waals surface area (Å²) in [5, 5.41) is 17.5. The Morgan fingerprint density at radius 3 is 2.44 bits per heavy atom. The number of aryl methyl sites for hydroxylation is 1. The van der Waals surface area contributed by atoms with Gasteiger partial charge in [0.1, 0.15) is 28.8 Å². The summed E-state index contributed by atoms with van der Waals surface area (Å²) in [6, 6.07) is 24.7. The third-order valence-corrected chi connectivity index (χ3v) is 6.07. The van der Waals surface area contributed by atoms with Gasteiger partial charge in [-0.15, -0.1) is 0 Å². The van der Waals surface area contributed by atoms with Crippen LogP contribution in [-0.4, -0.2) is 28.9 Å². The van der Waals surface area contributed by atoms with E-state index in [0.29, 0.717) is 35.9 Å². The second-order valence-corrected chi connectivity index (χ2v) is 8.97. The van der Waals surface area contributed by atoms with Crippen LogP contribution in [0.3, 0.4) is 0 Å². The van der Waals surface area contributed by atoms with E-state index in [1.165, 1.54) is 0 Å². The van der Waals surface area contributed by atoms with Gasteiger partial charge in [0.15, 0.2) is 0 Å². The van der Waals surface area contributed by atoms with Crippen molar-refractivity contribution in [2.45, 2.75) is 33.6 Å². The molecule has 39 heavy (non-hydrogen) atoms. The number of ether oxygens (including phenoxy) is 2. The number of nitrogens with zero attached hydrogens (tertiary/aromatic N) is 3. The van der Waals surface area contributed by atoms with Crippen LogP contribution in [-0.2, 0) is 4.79 Å². The SMILES string of the molecule is CCCCOc1ccc(-c2nn(-c3ccccc3)cc2/C=C(/C#N)C(=O)Nc2ccc(OCC)cc2)c(C)c1. The second-order valence-electron chi connectivity index (χ2n) is 8.97. The lowest BCUT2D eigenvalue weighted by Crippen LogP contribution is -2.13. The first-order chi connectivity index (χ1) is 19.0. The Morgan fingerprint density at radius 1 is 1.03 bits per heavy atom. The van der Waals surface area contributed by atoms with Crippen LogP contribution in [0.15, 0.2) is 84.6 Å². The molecule has 0 saturated heterocycles. The molecule has 0 bridgehead atoms. The Labute approximate surface area is 229 Å². The van der Waals surface area contributed by atoms with Crippen LogP contribution < -0.4 is 14.8 Å². The fourth-order valence-electron chi connectivity index (χ4n) is 4.04. The third kappa shape index (κ3) is 6.93. The highest BCUT2D eigenvalue weighted by atomic mass is 16.5. The summed E-state index contributed by atoms with van der Waals surface area (Å²) in [5.74, 6) is 1.01. The molecule has 0 aliphatic heterocycles. The Bertz CT molecular complexity index is 1480. The number of nitrogens with one attached hydrogen (secondary N) is 1. The molecule has 4 rings (SSSR count). The highest BCUT2D eigenvalue weighted by Crippen LogP contribution is 2.31. The van der Waals surface area contributed by atoms with Crippen LogP contribution in [0.2, 0.25) is 0 Å². The van der Waals surface area contributed by atoms with Crippen LogP contribution in [0, 0.1) is 18.3 Å². The summed E-state index contributed by atoms with van der Waals surface area (Å²) >= 11 is 0. The molecule has 0 aliphatic carbocycles. The predicted octanol–water partition coefficient (Wildman–Crippen LogP) is 6.97. The molecule has 1 amide bonds. The number of hydrogen-bond acceptors (Lipinski definition) is 5. The van der Waals surface area contributed by atoms with E-state index >= 15 is 0 Å². The maximum atomic E-state index is 13.0. The van der Waals surface area contributed by atoms with E-state index in [1.807, 2.05) is 74.6 Å². The molecule has 1 N–H and O–H groups in total. The number of nitriles is 1. The van der Waals surface area contributed by atoms with Crippen LogP contribution in [0.5, 0.6) is 11.5 Å². The Morgan fingerprint density at radius 2 is 1.77 bits per heavy atom. The largest absolute Gasteiger partial charge is 0.494 e. The van der Waals surface area contributed by atoms with Gasteiger partial charge in [0, 0.05) is 23.0 Å². The van der Waals surface area contributed by atoms with Crippen molar-refractivity contribution >= 4 is 17.7 Å². The van der Waals surface area contributed by atoms with E-state index in [2.05, 4.69) is 12.2 Å². The number of amides is 1. The number of carbonyl (C=O) groups excluding carboxylic acids is 1. The molecule has 1 aromatic heterocycles. The quantitative estimate of drug-likeness (QED) is 0.131. The van der Waals surface area contributed by atoms with E-state index in [0.717, 1.165) is 35.4 Å². The smallest absolute Gasteiger partial charge is 0.266 e. The van der Waals surface area contributed by atoms with Crippen molar-refractivity contribution in [3.63, 3.8) is 0 Å². The number of unbranched alkanes of at least 4 members (excludes halogenated alkanes) is 1. The first-order valence-corrected chi connectivity index (χ1v) is 13.1. The van der Waals surface area contributed by atoms with E-state index in [-0.39, 0.29) is 5.57 Å². The molecule has 0 spiro atoms. The minimum atomic E-state index is -0.503. The maximum Gasteiger partial charge on any atom is 0.266 e. The molecule has 1 heterocycles. The summed E-state index contributed by atoms with van der Waals surface area (Å²) in [6.45, 7) is 7.26. The van der Waals surface area contributed by atoms with Crippen LogP contribution in [0.4, 0.5) is 5.69 Å². The monoisotopic (exact) mass is 520 g/mol. The van der Waals surface area contributed by atoms with Crippen molar-refractivity contribution in [2.24, 2.45) is 0 Å². The summed E-state index contributed by atoms with van der Waals surface area (Å²) < 4.78 is 13.1. The van der Waals surface area contributed by atoms with Gasteiger partial charge in [0.2, 0.25) is 0 Å². The minimum absolute atomic E-state index is 0.0325. The molecule has 0 radical (unpaired) electrons. The zero-order chi connectivity index (χ0) is 27.6. The molecule has 198 valence electrons.